The fourth-order valence-electron chi connectivity index (χ4n) is 6.61. The third-order valence-electron chi connectivity index (χ3n) is 8.13. The summed E-state index contributed by atoms with van der Waals surface area (Å²) in [7, 11) is 0. The lowest BCUT2D eigenvalue weighted by molar-refractivity contribution is -0.151. The second-order valence-corrected chi connectivity index (χ2v) is 10.8. The summed E-state index contributed by atoms with van der Waals surface area (Å²) in [6, 6.07) is -1.32. The molecule has 34 heavy (non-hydrogen) atoms. The van der Waals surface area contributed by atoms with E-state index < -0.39 is 35.1 Å². The number of aliphatic hydroxyl groups is 1. The Bertz CT molecular complexity index is 759. The van der Waals surface area contributed by atoms with E-state index in [0.29, 0.717) is 38.8 Å². The highest BCUT2D eigenvalue weighted by molar-refractivity contribution is 5.99. The Kier molecular flexibility index (Phi) is 8.66. The molecule has 0 aromatic carbocycles. The van der Waals surface area contributed by atoms with E-state index in [0.717, 1.165) is 25.7 Å². The minimum Gasteiger partial charge on any atom is -0.394 e. The van der Waals surface area contributed by atoms with Crippen LogP contribution in [0, 0.1) is 17.8 Å². The Hall–Kier alpha value is -1.67. The summed E-state index contributed by atoms with van der Waals surface area (Å²) >= 11 is 0. The molecular formula is C26H45N3O5. The number of likely N-dealkylation sites (tertiary alicyclic amines) is 1. The maximum atomic E-state index is 14.1. The van der Waals surface area contributed by atoms with Crippen LogP contribution >= 0.6 is 0 Å². The van der Waals surface area contributed by atoms with Crippen LogP contribution in [0.1, 0.15) is 86.0 Å². The van der Waals surface area contributed by atoms with Crippen molar-refractivity contribution in [2.45, 2.75) is 109 Å². The Balaban J connectivity index is 2.01. The minimum atomic E-state index is -1.03. The summed E-state index contributed by atoms with van der Waals surface area (Å²) in [5.74, 6) is -1.69. The first kappa shape index (κ1) is 26.9. The molecule has 0 saturated carbocycles. The summed E-state index contributed by atoms with van der Waals surface area (Å²) < 4.78 is 6.73. The summed E-state index contributed by atoms with van der Waals surface area (Å²) in [4.78, 5) is 42.7. The zero-order valence-electron chi connectivity index (χ0n) is 21.7. The highest BCUT2D eigenvalue weighted by atomic mass is 16.5. The molecular weight excluding hydrogens is 434 g/mol. The monoisotopic (exact) mass is 479 g/mol. The molecule has 3 N–H and O–H groups in total. The lowest BCUT2D eigenvalue weighted by Crippen LogP contribution is -2.58. The Morgan fingerprint density at radius 1 is 1.09 bits per heavy atom. The molecule has 3 aliphatic rings. The van der Waals surface area contributed by atoms with Gasteiger partial charge in [0.2, 0.25) is 17.7 Å². The fourth-order valence-corrected chi connectivity index (χ4v) is 6.61. The van der Waals surface area contributed by atoms with E-state index in [1.165, 1.54) is 0 Å². The summed E-state index contributed by atoms with van der Waals surface area (Å²) in [5, 5.41) is 16.3. The standard InChI is InChI=1S/C26H45N3O5/c1-6-9-10-14-28-23(32)21-26-12-11-25(8-3,34-26)19(22(31)27-13-7-2)20(26)24(33)29(21)18(16-30)15-17(4)5/h17-21,30H,6-16H2,1-5H3,(H,27,31)(H,28,32)/t18-,19-,20+,21?,25+,26?/m1/s1. The summed E-state index contributed by atoms with van der Waals surface area (Å²) in [5.41, 5.74) is -1.75. The number of rotatable bonds is 13. The van der Waals surface area contributed by atoms with Gasteiger partial charge in [0.15, 0.2) is 0 Å². The van der Waals surface area contributed by atoms with Crippen LogP contribution in [0.3, 0.4) is 0 Å². The molecule has 194 valence electrons. The third kappa shape index (κ3) is 4.48. The second kappa shape index (κ2) is 10.9. The van der Waals surface area contributed by atoms with Crippen molar-refractivity contribution in [1.82, 2.24) is 15.5 Å². The molecule has 8 heteroatoms. The number of carbonyl (C=O) groups is 3. The van der Waals surface area contributed by atoms with Crippen molar-refractivity contribution in [2.75, 3.05) is 19.7 Å². The molecule has 2 bridgehead atoms. The number of nitrogens with zero attached hydrogens (tertiary/aromatic N) is 1. The zero-order chi connectivity index (χ0) is 25.1. The van der Waals surface area contributed by atoms with Crippen molar-refractivity contribution < 1.29 is 24.2 Å². The van der Waals surface area contributed by atoms with Crippen molar-refractivity contribution in [2.24, 2.45) is 17.8 Å². The van der Waals surface area contributed by atoms with Crippen molar-refractivity contribution in [3.63, 3.8) is 0 Å². The highest BCUT2D eigenvalue weighted by Gasteiger charge is 2.79. The lowest BCUT2D eigenvalue weighted by atomic mass is 9.65. The molecule has 0 radical (unpaired) electrons. The van der Waals surface area contributed by atoms with Gasteiger partial charge < -0.3 is 25.4 Å². The summed E-state index contributed by atoms with van der Waals surface area (Å²) in [6.07, 6.45) is 6.15. The van der Waals surface area contributed by atoms with Gasteiger partial charge in [-0.3, -0.25) is 14.4 Å². The molecule has 1 spiro atoms. The topological polar surface area (TPSA) is 108 Å². The number of aliphatic hydroxyl groups excluding tert-OH is 1. The molecule has 0 aromatic heterocycles. The molecule has 0 aromatic rings. The molecule has 3 heterocycles. The van der Waals surface area contributed by atoms with Crippen LogP contribution in [0.5, 0.6) is 0 Å². The minimum absolute atomic E-state index is 0.156. The molecule has 3 fully saturated rings. The first-order valence-electron chi connectivity index (χ1n) is 13.4. The van der Waals surface area contributed by atoms with Gasteiger partial charge in [-0.2, -0.15) is 0 Å². The van der Waals surface area contributed by atoms with Crippen molar-refractivity contribution >= 4 is 17.7 Å². The van der Waals surface area contributed by atoms with Gasteiger partial charge in [-0.25, -0.2) is 0 Å². The number of hydrogen-bond acceptors (Lipinski definition) is 5. The Labute approximate surface area is 204 Å². The average molecular weight is 480 g/mol. The molecule has 0 aliphatic carbocycles. The van der Waals surface area contributed by atoms with Crippen LogP contribution in [0.2, 0.25) is 0 Å². The van der Waals surface area contributed by atoms with Crippen LogP contribution in [0.15, 0.2) is 0 Å². The van der Waals surface area contributed by atoms with Crippen LogP contribution in [0.25, 0.3) is 0 Å². The number of unbranched alkanes of at least 4 members (excludes halogenated alkanes) is 2. The van der Waals surface area contributed by atoms with E-state index >= 15 is 0 Å². The molecule has 6 atom stereocenters. The van der Waals surface area contributed by atoms with Gasteiger partial charge in [0.05, 0.1) is 30.1 Å². The maximum Gasteiger partial charge on any atom is 0.245 e. The first-order valence-corrected chi connectivity index (χ1v) is 13.4. The van der Waals surface area contributed by atoms with Crippen molar-refractivity contribution in [1.29, 1.82) is 0 Å². The quantitative estimate of drug-likeness (QED) is 0.352. The highest BCUT2D eigenvalue weighted by Crippen LogP contribution is 2.64. The smallest absolute Gasteiger partial charge is 0.245 e. The van der Waals surface area contributed by atoms with Crippen LogP contribution in [-0.2, 0) is 19.1 Å². The Morgan fingerprint density at radius 3 is 2.38 bits per heavy atom. The normalized spacial score (nSPS) is 32.9. The largest absolute Gasteiger partial charge is 0.394 e. The fraction of sp³-hybridized carbons (Fsp3) is 0.885. The first-order chi connectivity index (χ1) is 16.2. The van der Waals surface area contributed by atoms with Gasteiger partial charge in [0.25, 0.3) is 0 Å². The predicted octanol–water partition coefficient (Wildman–Crippen LogP) is 2.38. The molecule has 3 saturated heterocycles. The number of hydrogen-bond donors (Lipinski definition) is 3. The van der Waals surface area contributed by atoms with Crippen molar-refractivity contribution in [3.8, 4) is 0 Å². The predicted molar refractivity (Wildman–Crippen MR) is 130 cm³/mol. The van der Waals surface area contributed by atoms with Gasteiger partial charge in [-0.15, -0.1) is 0 Å². The molecule has 3 aliphatic heterocycles. The van der Waals surface area contributed by atoms with E-state index in [4.69, 9.17) is 4.74 Å². The molecule has 3 rings (SSSR count). The van der Waals surface area contributed by atoms with Crippen LogP contribution < -0.4 is 10.6 Å². The van der Waals surface area contributed by atoms with Crippen LogP contribution in [0.4, 0.5) is 0 Å². The summed E-state index contributed by atoms with van der Waals surface area (Å²) in [6.45, 7) is 11.0. The zero-order valence-corrected chi connectivity index (χ0v) is 21.7. The maximum absolute atomic E-state index is 14.1. The lowest BCUT2D eigenvalue weighted by Gasteiger charge is -2.38. The van der Waals surface area contributed by atoms with E-state index in [9.17, 15) is 19.5 Å². The van der Waals surface area contributed by atoms with Gasteiger partial charge >= 0.3 is 0 Å². The van der Waals surface area contributed by atoms with Gasteiger partial charge in [-0.05, 0) is 44.4 Å². The molecule has 2 unspecified atom stereocenters. The average Bonchev–Trinajstić information content (AvgIpc) is 3.42. The molecule has 8 nitrogen and oxygen atoms in total. The van der Waals surface area contributed by atoms with Gasteiger partial charge in [0.1, 0.15) is 11.6 Å². The Morgan fingerprint density at radius 2 is 1.79 bits per heavy atom. The van der Waals surface area contributed by atoms with E-state index in [-0.39, 0.29) is 30.2 Å². The van der Waals surface area contributed by atoms with Gasteiger partial charge in [0, 0.05) is 13.1 Å². The number of nitrogens with one attached hydrogen (secondary N) is 2. The number of carbonyl (C=O) groups excluding carboxylic acids is 3. The van der Waals surface area contributed by atoms with E-state index in [1.807, 2.05) is 27.7 Å². The van der Waals surface area contributed by atoms with E-state index in [1.54, 1.807) is 4.90 Å². The number of fused-ring (bicyclic) bond motifs is 1. The second-order valence-electron chi connectivity index (χ2n) is 10.8. The number of ether oxygens (including phenoxy) is 1. The van der Waals surface area contributed by atoms with Crippen molar-refractivity contribution in [3.05, 3.63) is 0 Å². The number of amides is 3. The third-order valence-corrected chi connectivity index (χ3v) is 8.13. The molecule has 3 amide bonds. The van der Waals surface area contributed by atoms with Crippen LogP contribution in [-0.4, -0.2) is 70.7 Å². The van der Waals surface area contributed by atoms with E-state index in [2.05, 4.69) is 17.6 Å². The van der Waals surface area contributed by atoms with Gasteiger partial charge in [-0.1, -0.05) is 47.5 Å². The SMILES string of the molecule is CCCCCNC(=O)C1N([C@@H](CO)CC(C)C)C(=O)[C@@H]2[C@H](C(=O)NCCC)[C@]3(CC)CCC12O3.